The Balaban J connectivity index is 2.66. The highest BCUT2D eigenvalue weighted by Crippen LogP contribution is 2.29. The fraction of sp³-hybridized carbons (Fsp3) is 0.714. The maximum absolute atomic E-state index is 11.2. The van der Waals surface area contributed by atoms with Gasteiger partial charge in [-0.3, -0.25) is 0 Å². The third-order valence-corrected chi connectivity index (χ3v) is 5.47. The second-order valence-electron chi connectivity index (χ2n) is 5.17. The zero-order chi connectivity index (χ0) is 14.5. The monoisotopic (exact) mass is 303 g/mol. The van der Waals surface area contributed by atoms with Gasteiger partial charge < -0.3 is 5.32 Å². The normalized spacial score (nSPS) is 13.7. The number of nitrogens with one attached hydrogen (secondary N) is 1. The van der Waals surface area contributed by atoms with Crippen molar-refractivity contribution in [3.8, 4) is 0 Å². The van der Waals surface area contributed by atoms with E-state index in [-0.39, 0.29) is 5.75 Å². The SMILES string of the molecule is CCCNC(CCCS(C)(=O)=O)c1cc(C)c(C)s1. The van der Waals surface area contributed by atoms with E-state index < -0.39 is 9.84 Å². The van der Waals surface area contributed by atoms with E-state index in [9.17, 15) is 8.42 Å². The van der Waals surface area contributed by atoms with Crippen LogP contribution in [-0.4, -0.2) is 27.0 Å². The van der Waals surface area contributed by atoms with E-state index in [1.807, 2.05) is 11.3 Å². The van der Waals surface area contributed by atoms with Crippen LogP contribution in [0.4, 0.5) is 0 Å². The summed E-state index contributed by atoms with van der Waals surface area (Å²) in [5, 5.41) is 3.53. The van der Waals surface area contributed by atoms with Crippen molar-refractivity contribution in [1.82, 2.24) is 5.32 Å². The first-order valence-electron chi connectivity index (χ1n) is 6.81. The molecule has 0 saturated carbocycles. The predicted molar refractivity (Wildman–Crippen MR) is 83.8 cm³/mol. The van der Waals surface area contributed by atoms with Crippen LogP contribution in [0, 0.1) is 13.8 Å². The zero-order valence-corrected chi connectivity index (χ0v) is 14.0. The second-order valence-corrected chi connectivity index (χ2v) is 8.71. The molecule has 0 bridgehead atoms. The first-order valence-corrected chi connectivity index (χ1v) is 9.69. The highest BCUT2D eigenvalue weighted by atomic mass is 32.2. The third-order valence-electron chi connectivity index (χ3n) is 3.18. The minimum Gasteiger partial charge on any atom is -0.309 e. The van der Waals surface area contributed by atoms with E-state index in [1.165, 1.54) is 21.6 Å². The molecule has 1 unspecified atom stereocenters. The lowest BCUT2D eigenvalue weighted by Gasteiger charge is -2.16. The van der Waals surface area contributed by atoms with Crippen LogP contribution in [0.1, 0.15) is 47.5 Å². The average molecular weight is 303 g/mol. The van der Waals surface area contributed by atoms with Gasteiger partial charge in [-0.05, 0) is 51.3 Å². The molecule has 19 heavy (non-hydrogen) atoms. The number of aryl methyl sites for hydroxylation is 2. The Morgan fingerprint density at radius 2 is 2.05 bits per heavy atom. The van der Waals surface area contributed by atoms with E-state index >= 15 is 0 Å². The highest BCUT2D eigenvalue weighted by Gasteiger charge is 2.15. The van der Waals surface area contributed by atoms with Crippen LogP contribution in [-0.2, 0) is 9.84 Å². The molecule has 1 aromatic rings. The summed E-state index contributed by atoms with van der Waals surface area (Å²) in [4.78, 5) is 2.68. The van der Waals surface area contributed by atoms with E-state index in [0.29, 0.717) is 6.04 Å². The lowest BCUT2D eigenvalue weighted by molar-refractivity contribution is 0.499. The fourth-order valence-electron chi connectivity index (χ4n) is 1.99. The van der Waals surface area contributed by atoms with Crippen LogP contribution in [0.15, 0.2) is 6.07 Å². The maximum atomic E-state index is 11.2. The lowest BCUT2D eigenvalue weighted by Crippen LogP contribution is -2.22. The van der Waals surface area contributed by atoms with Crippen LogP contribution in [0.5, 0.6) is 0 Å². The number of thiophene rings is 1. The van der Waals surface area contributed by atoms with Gasteiger partial charge in [-0.1, -0.05) is 6.92 Å². The van der Waals surface area contributed by atoms with Crippen LogP contribution < -0.4 is 5.32 Å². The molecule has 1 aromatic heterocycles. The van der Waals surface area contributed by atoms with Gasteiger partial charge in [0.15, 0.2) is 0 Å². The number of sulfone groups is 1. The van der Waals surface area contributed by atoms with E-state index in [4.69, 9.17) is 0 Å². The Bertz CT molecular complexity index is 472. The van der Waals surface area contributed by atoms with Crippen LogP contribution in [0.3, 0.4) is 0 Å². The summed E-state index contributed by atoms with van der Waals surface area (Å²) in [6, 6.07) is 2.52. The Kier molecular flexibility index (Phi) is 6.50. The number of rotatable bonds is 8. The van der Waals surface area contributed by atoms with Crippen molar-refractivity contribution in [3.63, 3.8) is 0 Å². The van der Waals surface area contributed by atoms with E-state index in [2.05, 4.69) is 32.2 Å². The summed E-state index contributed by atoms with van der Waals surface area (Å²) in [6.45, 7) is 7.38. The van der Waals surface area contributed by atoms with Crippen molar-refractivity contribution in [1.29, 1.82) is 0 Å². The molecule has 1 heterocycles. The zero-order valence-electron chi connectivity index (χ0n) is 12.3. The second kappa shape index (κ2) is 7.41. The molecular weight excluding hydrogens is 278 g/mol. The Hall–Kier alpha value is -0.390. The van der Waals surface area contributed by atoms with Gasteiger partial charge in [-0.25, -0.2) is 8.42 Å². The average Bonchev–Trinajstić information content (AvgIpc) is 2.62. The van der Waals surface area contributed by atoms with Gasteiger partial charge in [0.2, 0.25) is 0 Å². The standard InChI is InChI=1S/C14H25NO2S2/c1-5-8-15-13(7-6-9-19(4,16)17)14-10-11(2)12(3)18-14/h10,13,15H,5-9H2,1-4H3. The van der Waals surface area contributed by atoms with Gasteiger partial charge in [0.05, 0.1) is 0 Å². The molecule has 0 aliphatic heterocycles. The Labute approximate surface area is 121 Å². The van der Waals surface area contributed by atoms with Crippen LogP contribution >= 0.6 is 11.3 Å². The van der Waals surface area contributed by atoms with Gasteiger partial charge in [-0.15, -0.1) is 11.3 Å². The molecule has 0 spiro atoms. The van der Waals surface area contributed by atoms with Gasteiger partial charge in [0.1, 0.15) is 9.84 Å². The number of hydrogen-bond donors (Lipinski definition) is 1. The summed E-state index contributed by atoms with van der Waals surface area (Å²) < 4.78 is 22.4. The van der Waals surface area contributed by atoms with Crippen LogP contribution in [0.2, 0.25) is 0 Å². The van der Waals surface area contributed by atoms with Crippen molar-refractivity contribution < 1.29 is 8.42 Å². The maximum Gasteiger partial charge on any atom is 0.147 e. The third kappa shape index (κ3) is 6.06. The van der Waals surface area contributed by atoms with E-state index in [0.717, 1.165) is 25.8 Å². The Morgan fingerprint density at radius 3 is 2.53 bits per heavy atom. The molecule has 0 amide bonds. The van der Waals surface area contributed by atoms with Gasteiger partial charge in [0, 0.05) is 27.8 Å². The van der Waals surface area contributed by atoms with Crippen molar-refractivity contribution in [2.75, 3.05) is 18.6 Å². The Morgan fingerprint density at radius 1 is 1.37 bits per heavy atom. The van der Waals surface area contributed by atoms with E-state index in [1.54, 1.807) is 0 Å². The summed E-state index contributed by atoms with van der Waals surface area (Å²) in [5.74, 6) is 0.278. The molecule has 1 atom stereocenters. The number of hydrogen-bond acceptors (Lipinski definition) is 4. The van der Waals surface area contributed by atoms with Gasteiger partial charge in [-0.2, -0.15) is 0 Å². The molecule has 0 aromatic carbocycles. The molecule has 110 valence electrons. The van der Waals surface area contributed by atoms with Gasteiger partial charge >= 0.3 is 0 Å². The smallest absolute Gasteiger partial charge is 0.147 e. The summed E-state index contributed by atoms with van der Waals surface area (Å²) in [5.41, 5.74) is 1.33. The van der Waals surface area contributed by atoms with Gasteiger partial charge in [0.25, 0.3) is 0 Å². The molecular formula is C14H25NO2S2. The lowest BCUT2D eigenvalue weighted by atomic mass is 10.1. The van der Waals surface area contributed by atoms with Crippen molar-refractivity contribution >= 4 is 21.2 Å². The fourth-order valence-corrected chi connectivity index (χ4v) is 3.83. The molecule has 5 heteroatoms. The predicted octanol–water partition coefficient (Wildman–Crippen LogP) is 3.23. The first kappa shape index (κ1) is 16.7. The molecule has 0 aliphatic carbocycles. The molecule has 0 aliphatic rings. The summed E-state index contributed by atoms with van der Waals surface area (Å²) in [7, 11) is -2.85. The summed E-state index contributed by atoms with van der Waals surface area (Å²) >= 11 is 1.82. The molecule has 0 saturated heterocycles. The highest BCUT2D eigenvalue weighted by molar-refractivity contribution is 7.90. The topological polar surface area (TPSA) is 46.2 Å². The molecule has 0 radical (unpaired) electrons. The quantitative estimate of drug-likeness (QED) is 0.802. The largest absolute Gasteiger partial charge is 0.309 e. The van der Waals surface area contributed by atoms with Crippen LogP contribution in [0.25, 0.3) is 0 Å². The minimum atomic E-state index is -2.85. The summed E-state index contributed by atoms with van der Waals surface area (Å²) in [6.07, 6.45) is 4.00. The molecule has 3 nitrogen and oxygen atoms in total. The van der Waals surface area contributed by atoms with Crippen molar-refractivity contribution in [3.05, 3.63) is 21.4 Å². The first-order chi connectivity index (χ1) is 8.83. The molecule has 0 fully saturated rings. The minimum absolute atomic E-state index is 0.278. The van der Waals surface area contributed by atoms with Crippen molar-refractivity contribution in [2.24, 2.45) is 0 Å². The van der Waals surface area contributed by atoms with Crippen molar-refractivity contribution in [2.45, 2.75) is 46.1 Å². The molecule has 1 rings (SSSR count). The molecule has 1 N–H and O–H groups in total.